The van der Waals surface area contributed by atoms with Crippen LogP contribution in [0, 0.1) is 11.8 Å². The average molecular weight is 359 g/mol. The van der Waals surface area contributed by atoms with Crippen molar-refractivity contribution in [3.05, 3.63) is 21.9 Å². The van der Waals surface area contributed by atoms with E-state index in [1.165, 1.54) is 23.3 Å². The van der Waals surface area contributed by atoms with E-state index in [0.717, 1.165) is 50.2 Å². The summed E-state index contributed by atoms with van der Waals surface area (Å²) >= 11 is 3.66. The summed E-state index contributed by atoms with van der Waals surface area (Å²) in [5.74, 6) is 3.04. The molecule has 1 aromatic rings. The van der Waals surface area contributed by atoms with Gasteiger partial charge in [-0.25, -0.2) is 0 Å². The first-order valence-corrected chi connectivity index (χ1v) is 9.93. The molecular weight excluding hydrogens is 336 g/mol. The normalized spacial score (nSPS) is 30.9. The Kier molecular flexibility index (Phi) is 5.38. The number of carbonyl (C=O) groups is 1. The average Bonchev–Trinajstić information content (AvgIpc) is 3.11. The lowest BCUT2D eigenvalue weighted by molar-refractivity contribution is -0.130. The molecule has 22 heavy (non-hydrogen) atoms. The van der Waals surface area contributed by atoms with Gasteiger partial charge in [-0.3, -0.25) is 4.79 Å². The van der Waals surface area contributed by atoms with Gasteiger partial charge in [0.05, 0.1) is 0 Å². The summed E-state index contributed by atoms with van der Waals surface area (Å²) in [5, 5.41) is 5.72. The molecule has 0 bridgehead atoms. The molecule has 0 saturated carbocycles. The van der Waals surface area contributed by atoms with E-state index < -0.39 is 0 Å². The summed E-state index contributed by atoms with van der Waals surface area (Å²) < 4.78 is 0. The number of nitrogens with one attached hydrogen (secondary N) is 1. The van der Waals surface area contributed by atoms with Gasteiger partial charge < -0.3 is 10.2 Å². The van der Waals surface area contributed by atoms with Gasteiger partial charge in [-0.2, -0.15) is 0 Å². The molecule has 0 aliphatic carbocycles. The molecule has 4 heterocycles. The molecule has 3 nitrogen and oxygen atoms in total. The molecule has 2 fully saturated rings. The summed E-state index contributed by atoms with van der Waals surface area (Å²) in [6, 6.07) is 2.17. The van der Waals surface area contributed by atoms with Crippen LogP contribution >= 0.6 is 35.5 Å². The predicted molar refractivity (Wildman–Crippen MR) is 96.1 cm³/mol. The molecule has 6 heteroatoms. The first-order valence-electron chi connectivity index (χ1n) is 8.00. The van der Waals surface area contributed by atoms with Crippen LogP contribution < -0.4 is 5.32 Å². The maximum Gasteiger partial charge on any atom is 0.240 e. The van der Waals surface area contributed by atoms with Crippen LogP contribution in [0.1, 0.15) is 28.5 Å². The van der Waals surface area contributed by atoms with E-state index in [2.05, 4.69) is 21.7 Å². The van der Waals surface area contributed by atoms with Crippen molar-refractivity contribution in [2.45, 2.75) is 24.5 Å². The Bertz CT molecular complexity index is 522. The van der Waals surface area contributed by atoms with E-state index in [4.69, 9.17) is 0 Å². The summed E-state index contributed by atoms with van der Waals surface area (Å²) in [6.45, 7) is 4.22. The second kappa shape index (κ2) is 7.12. The molecule has 0 spiro atoms. The van der Waals surface area contributed by atoms with Gasteiger partial charge in [0.25, 0.3) is 0 Å². The topological polar surface area (TPSA) is 32.3 Å². The highest BCUT2D eigenvalue weighted by molar-refractivity contribution is 8.00. The molecule has 4 rings (SSSR count). The third-order valence-corrected chi connectivity index (χ3v) is 7.46. The number of hydrogen-bond acceptors (Lipinski definition) is 4. The molecule has 3 atom stereocenters. The smallest absolute Gasteiger partial charge is 0.240 e. The van der Waals surface area contributed by atoms with Gasteiger partial charge in [-0.15, -0.1) is 35.5 Å². The lowest BCUT2D eigenvalue weighted by Crippen LogP contribution is -2.36. The molecule has 1 unspecified atom stereocenters. The van der Waals surface area contributed by atoms with Crippen molar-refractivity contribution in [3.63, 3.8) is 0 Å². The SMILES string of the molecule is Cl.O=C(C1SCCc2sccc21)N1CC[C@@H]2CNC[C@@H]2CC1. The summed E-state index contributed by atoms with van der Waals surface area (Å²) in [5.41, 5.74) is 1.30. The van der Waals surface area contributed by atoms with Gasteiger partial charge in [0.1, 0.15) is 5.25 Å². The zero-order valence-corrected chi connectivity index (χ0v) is 15.1. The van der Waals surface area contributed by atoms with Gasteiger partial charge in [-0.05, 0) is 67.0 Å². The fraction of sp³-hybridized carbons (Fsp3) is 0.688. The highest BCUT2D eigenvalue weighted by atomic mass is 35.5. The second-order valence-corrected chi connectivity index (χ2v) is 8.59. The number of amides is 1. The fourth-order valence-electron chi connectivity index (χ4n) is 3.96. The van der Waals surface area contributed by atoms with E-state index >= 15 is 0 Å². The third kappa shape index (κ3) is 3.05. The molecule has 3 aliphatic heterocycles. The number of rotatable bonds is 1. The molecule has 1 N–H and O–H groups in total. The zero-order valence-electron chi connectivity index (χ0n) is 12.6. The fourth-order valence-corrected chi connectivity index (χ4v) is 6.33. The molecule has 3 aliphatic rings. The monoisotopic (exact) mass is 358 g/mol. The summed E-state index contributed by atoms with van der Waals surface area (Å²) in [7, 11) is 0. The number of thiophene rings is 1. The first-order chi connectivity index (χ1) is 10.3. The van der Waals surface area contributed by atoms with Crippen LogP contribution in [0.15, 0.2) is 11.4 Å². The summed E-state index contributed by atoms with van der Waals surface area (Å²) in [4.78, 5) is 16.6. The Morgan fingerprint density at radius 3 is 2.68 bits per heavy atom. The standard InChI is InChI=1S/C16H22N2OS2.ClH/c19-16(15-13-3-7-20-14(13)4-8-21-15)18-5-1-11-9-17-10-12(11)2-6-18;/h3,7,11-12,15,17H,1-2,4-6,8-10H2;1H/t11-,12+,15?;. The van der Waals surface area contributed by atoms with Crippen LogP contribution in [0.3, 0.4) is 0 Å². The molecule has 0 radical (unpaired) electrons. The minimum atomic E-state index is 0. The van der Waals surface area contributed by atoms with Crippen molar-refractivity contribution in [3.8, 4) is 0 Å². The third-order valence-electron chi connectivity index (χ3n) is 5.23. The van der Waals surface area contributed by atoms with Gasteiger partial charge in [0, 0.05) is 18.0 Å². The van der Waals surface area contributed by atoms with Gasteiger partial charge in [0.2, 0.25) is 5.91 Å². The van der Waals surface area contributed by atoms with Crippen LogP contribution in [-0.4, -0.2) is 42.7 Å². The van der Waals surface area contributed by atoms with Crippen LogP contribution in [0.25, 0.3) is 0 Å². The number of carbonyl (C=O) groups excluding carboxylic acids is 1. The Balaban J connectivity index is 0.00000144. The van der Waals surface area contributed by atoms with Gasteiger partial charge in [0.15, 0.2) is 0 Å². The minimum absolute atomic E-state index is 0. The van der Waals surface area contributed by atoms with Crippen molar-refractivity contribution in [1.82, 2.24) is 10.2 Å². The van der Waals surface area contributed by atoms with E-state index in [1.807, 2.05) is 23.1 Å². The number of aryl methyl sites for hydroxylation is 1. The zero-order chi connectivity index (χ0) is 14.2. The quantitative estimate of drug-likeness (QED) is 0.837. The maximum atomic E-state index is 13.0. The highest BCUT2D eigenvalue weighted by Crippen LogP contribution is 2.41. The number of thioether (sulfide) groups is 1. The number of likely N-dealkylation sites (tertiary alicyclic amines) is 1. The van der Waals surface area contributed by atoms with Crippen molar-refractivity contribution in [1.29, 1.82) is 0 Å². The van der Waals surface area contributed by atoms with Crippen LogP contribution in [0.5, 0.6) is 0 Å². The van der Waals surface area contributed by atoms with E-state index in [0.29, 0.717) is 5.91 Å². The van der Waals surface area contributed by atoms with Crippen molar-refractivity contribution >= 4 is 41.4 Å². The van der Waals surface area contributed by atoms with Crippen molar-refractivity contribution in [2.24, 2.45) is 11.8 Å². The largest absolute Gasteiger partial charge is 0.341 e. The molecule has 2 saturated heterocycles. The first kappa shape index (κ1) is 16.6. The Labute approximate surface area is 146 Å². The molecule has 0 aromatic carbocycles. The van der Waals surface area contributed by atoms with Crippen LogP contribution in [0.2, 0.25) is 0 Å². The number of hydrogen-bond donors (Lipinski definition) is 1. The van der Waals surface area contributed by atoms with Crippen LogP contribution in [0.4, 0.5) is 0 Å². The minimum Gasteiger partial charge on any atom is -0.341 e. The van der Waals surface area contributed by atoms with Gasteiger partial charge in [-0.1, -0.05) is 0 Å². The Morgan fingerprint density at radius 1 is 1.23 bits per heavy atom. The molecule has 1 aromatic heterocycles. The van der Waals surface area contributed by atoms with E-state index in [-0.39, 0.29) is 17.7 Å². The lowest BCUT2D eigenvalue weighted by Gasteiger charge is -2.28. The van der Waals surface area contributed by atoms with Crippen molar-refractivity contribution in [2.75, 3.05) is 31.9 Å². The Hall–Kier alpha value is -0.230. The van der Waals surface area contributed by atoms with Crippen LogP contribution in [-0.2, 0) is 11.2 Å². The van der Waals surface area contributed by atoms with E-state index in [1.54, 1.807) is 0 Å². The maximum absolute atomic E-state index is 13.0. The van der Waals surface area contributed by atoms with Crippen molar-refractivity contribution < 1.29 is 4.79 Å². The number of nitrogens with zero attached hydrogens (tertiary/aromatic N) is 1. The molecule has 1 amide bonds. The predicted octanol–water partition coefficient (Wildman–Crippen LogP) is 2.96. The Morgan fingerprint density at radius 2 is 1.95 bits per heavy atom. The highest BCUT2D eigenvalue weighted by Gasteiger charge is 2.35. The van der Waals surface area contributed by atoms with Gasteiger partial charge >= 0.3 is 0 Å². The lowest BCUT2D eigenvalue weighted by atomic mass is 9.92. The summed E-state index contributed by atoms with van der Waals surface area (Å²) in [6.07, 6.45) is 3.49. The van der Waals surface area contributed by atoms with E-state index in [9.17, 15) is 4.79 Å². The molecular formula is C16H23ClN2OS2. The number of fused-ring (bicyclic) bond motifs is 2. The number of halogens is 1. The molecule has 122 valence electrons. The second-order valence-electron chi connectivity index (χ2n) is 6.38.